The number of fused-ring (bicyclic) bond motifs is 2. The second-order valence-electron chi connectivity index (χ2n) is 7.27. The predicted molar refractivity (Wildman–Crippen MR) is 116 cm³/mol. The smallest absolute Gasteiger partial charge is 0.237 e. The molecule has 28 heavy (non-hydrogen) atoms. The number of nitrogens with one attached hydrogen (secondary N) is 1. The molecule has 2 heterocycles. The van der Waals surface area contributed by atoms with Crippen LogP contribution in [-0.4, -0.2) is 17.9 Å². The Morgan fingerprint density at radius 2 is 2.11 bits per heavy atom. The van der Waals surface area contributed by atoms with E-state index >= 15 is 0 Å². The van der Waals surface area contributed by atoms with Gasteiger partial charge in [-0.15, -0.1) is 0 Å². The van der Waals surface area contributed by atoms with Gasteiger partial charge in [0, 0.05) is 27.3 Å². The van der Waals surface area contributed by atoms with Crippen molar-refractivity contribution in [2.45, 2.75) is 37.6 Å². The SMILES string of the molecule is C=C(CC)C1N(c2cccc(Br)c2)C(=O)CCC12C(=O)Nc1cc(Cl)ccc12. The fourth-order valence-electron chi connectivity index (χ4n) is 4.45. The maximum atomic E-state index is 13.4. The molecular weight excluding hydrogens is 440 g/mol. The number of nitrogens with zero attached hydrogens (tertiary/aromatic N) is 1. The molecule has 1 saturated heterocycles. The van der Waals surface area contributed by atoms with Crippen molar-refractivity contribution in [3.8, 4) is 0 Å². The van der Waals surface area contributed by atoms with Crippen molar-refractivity contribution in [2.75, 3.05) is 10.2 Å². The summed E-state index contributed by atoms with van der Waals surface area (Å²) < 4.78 is 0.876. The summed E-state index contributed by atoms with van der Waals surface area (Å²) in [6, 6.07) is 12.6. The van der Waals surface area contributed by atoms with Crippen LogP contribution in [0, 0.1) is 0 Å². The van der Waals surface area contributed by atoms with E-state index in [1.807, 2.05) is 37.3 Å². The number of anilines is 2. The van der Waals surface area contributed by atoms with E-state index < -0.39 is 11.5 Å². The van der Waals surface area contributed by atoms with Gasteiger partial charge >= 0.3 is 0 Å². The molecule has 4 rings (SSSR count). The van der Waals surface area contributed by atoms with Crippen molar-refractivity contribution in [1.29, 1.82) is 0 Å². The Kier molecular flexibility index (Phi) is 4.84. The van der Waals surface area contributed by atoms with E-state index in [1.165, 1.54) is 0 Å². The third-order valence-electron chi connectivity index (χ3n) is 5.77. The lowest BCUT2D eigenvalue weighted by molar-refractivity contribution is -0.126. The summed E-state index contributed by atoms with van der Waals surface area (Å²) in [5.74, 6) is -0.101. The first-order valence-electron chi connectivity index (χ1n) is 9.25. The van der Waals surface area contributed by atoms with Crippen LogP contribution in [0.25, 0.3) is 0 Å². The van der Waals surface area contributed by atoms with Crippen LogP contribution in [-0.2, 0) is 15.0 Å². The van der Waals surface area contributed by atoms with Crippen LogP contribution in [0.5, 0.6) is 0 Å². The van der Waals surface area contributed by atoms with Crippen molar-refractivity contribution in [3.63, 3.8) is 0 Å². The van der Waals surface area contributed by atoms with Gasteiger partial charge in [-0.2, -0.15) is 0 Å². The average molecular weight is 460 g/mol. The van der Waals surface area contributed by atoms with Gasteiger partial charge in [-0.1, -0.05) is 58.7 Å². The van der Waals surface area contributed by atoms with Crippen LogP contribution >= 0.6 is 27.5 Å². The van der Waals surface area contributed by atoms with Gasteiger partial charge in [0.2, 0.25) is 11.8 Å². The predicted octanol–water partition coefficient (Wildman–Crippen LogP) is 5.45. The summed E-state index contributed by atoms with van der Waals surface area (Å²) in [5.41, 5.74) is 2.34. The molecule has 1 spiro atoms. The number of rotatable bonds is 3. The molecular formula is C22H20BrClN2O2. The Labute approximate surface area is 177 Å². The molecule has 2 unspecified atom stereocenters. The van der Waals surface area contributed by atoms with Crippen molar-refractivity contribution in [3.05, 3.63) is 69.7 Å². The standard InChI is InChI=1S/C22H20BrClN2O2/c1-3-13(2)20-22(17-8-7-15(24)12-18(17)25-21(22)28)10-9-19(27)26(20)16-6-4-5-14(23)11-16/h4-8,11-12,20H,2-3,9-10H2,1H3,(H,25,28). The number of piperidine rings is 1. The van der Waals surface area contributed by atoms with Crippen molar-refractivity contribution in [1.82, 2.24) is 0 Å². The molecule has 4 nitrogen and oxygen atoms in total. The van der Waals surface area contributed by atoms with Gasteiger partial charge < -0.3 is 10.2 Å². The fourth-order valence-corrected chi connectivity index (χ4v) is 5.01. The van der Waals surface area contributed by atoms with E-state index in [0.29, 0.717) is 17.9 Å². The number of carbonyl (C=O) groups excluding carboxylic acids is 2. The van der Waals surface area contributed by atoms with Crippen molar-refractivity contribution < 1.29 is 9.59 Å². The maximum absolute atomic E-state index is 13.4. The summed E-state index contributed by atoms with van der Waals surface area (Å²) in [5, 5.41) is 3.56. The molecule has 0 aliphatic carbocycles. The van der Waals surface area contributed by atoms with Gasteiger partial charge in [-0.25, -0.2) is 0 Å². The first-order valence-corrected chi connectivity index (χ1v) is 10.4. The summed E-state index contributed by atoms with van der Waals surface area (Å²) >= 11 is 9.64. The first kappa shape index (κ1) is 19.2. The lowest BCUT2D eigenvalue weighted by Gasteiger charge is -2.47. The van der Waals surface area contributed by atoms with Gasteiger partial charge in [0.25, 0.3) is 0 Å². The minimum atomic E-state index is -0.872. The van der Waals surface area contributed by atoms with E-state index in [-0.39, 0.29) is 18.2 Å². The Morgan fingerprint density at radius 1 is 1.32 bits per heavy atom. The molecule has 2 atom stereocenters. The van der Waals surface area contributed by atoms with E-state index in [4.69, 9.17) is 11.6 Å². The van der Waals surface area contributed by atoms with E-state index in [0.717, 1.165) is 27.0 Å². The Balaban J connectivity index is 1.94. The highest BCUT2D eigenvalue weighted by atomic mass is 79.9. The number of hydrogen-bond donors (Lipinski definition) is 1. The van der Waals surface area contributed by atoms with Gasteiger partial charge in [-0.05, 0) is 48.7 Å². The summed E-state index contributed by atoms with van der Waals surface area (Å²) in [6.45, 7) is 6.27. The number of carbonyl (C=O) groups is 2. The summed E-state index contributed by atoms with van der Waals surface area (Å²) in [4.78, 5) is 28.2. The average Bonchev–Trinajstić information content (AvgIpc) is 2.93. The molecule has 2 aromatic rings. The van der Waals surface area contributed by atoms with E-state index in [1.54, 1.807) is 17.0 Å². The normalized spacial score (nSPS) is 23.7. The molecule has 1 fully saturated rings. The number of amides is 2. The van der Waals surface area contributed by atoms with Crippen LogP contribution in [0.2, 0.25) is 5.02 Å². The monoisotopic (exact) mass is 458 g/mol. The quantitative estimate of drug-likeness (QED) is 0.620. The van der Waals surface area contributed by atoms with Crippen LogP contribution < -0.4 is 10.2 Å². The molecule has 6 heteroatoms. The first-order chi connectivity index (χ1) is 13.4. The van der Waals surface area contributed by atoms with Gasteiger partial charge in [-0.3, -0.25) is 9.59 Å². The molecule has 2 aromatic carbocycles. The third-order valence-corrected chi connectivity index (χ3v) is 6.50. The summed E-state index contributed by atoms with van der Waals surface area (Å²) in [6.07, 6.45) is 1.40. The summed E-state index contributed by atoms with van der Waals surface area (Å²) in [7, 11) is 0. The highest BCUT2D eigenvalue weighted by Gasteiger charge is 2.58. The molecule has 0 aromatic heterocycles. The Bertz CT molecular complexity index is 1010. The molecule has 144 valence electrons. The van der Waals surface area contributed by atoms with Gasteiger partial charge in [0.05, 0.1) is 6.04 Å². The Morgan fingerprint density at radius 3 is 2.82 bits per heavy atom. The molecule has 2 aliphatic rings. The zero-order valence-corrected chi connectivity index (χ0v) is 17.8. The number of benzene rings is 2. The highest BCUT2D eigenvalue weighted by Crippen LogP contribution is 2.51. The lowest BCUT2D eigenvalue weighted by Crippen LogP contribution is -2.61. The van der Waals surface area contributed by atoms with E-state index in [2.05, 4.69) is 27.8 Å². The van der Waals surface area contributed by atoms with Crippen molar-refractivity contribution >= 4 is 50.7 Å². The zero-order chi connectivity index (χ0) is 20.1. The lowest BCUT2D eigenvalue weighted by atomic mass is 9.66. The second kappa shape index (κ2) is 7.05. The minimum Gasteiger partial charge on any atom is -0.325 e. The minimum absolute atomic E-state index is 0.00135. The van der Waals surface area contributed by atoms with Crippen molar-refractivity contribution in [2.24, 2.45) is 0 Å². The van der Waals surface area contributed by atoms with Crippen LogP contribution in [0.3, 0.4) is 0 Å². The largest absolute Gasteiger partial charge is 0.325 e. The van der Waals surface area contributed by atoms with Crippen LogP contribution in [0.15, 0.2) is 59.1 Å². The molecule has 0 saturated carbocycles. The van der Waals surface area contributed by atoms with E-state index in [9.17, 15) is 9.59 Å². The maximum Gasteiger partial charge on any atom is 0.237 e. The Hall–Kier alpha value is -2.11. The molecule has 0 bridgehead atoms. The number of hydrogen-bond acceptors (Lipinski definition) is 2. The zero-order valence-electron chi connectivity index (χ0n) is 15.5. The fraction of sp³-hybridized carbons (Fsp3) is 0.273. The highest BCUT2D eigenvalue weighted by molar-refractivity contribution is 9.10. The third kappa shape index (κ3) is 2.80. The molecule has 2 amide bonds. The van der Waals surface area contributed by atoms with Crippen LogP contribution in [0.4, 0.5) is 11.4 Å². The van der Waals surface area contributed by atoms with Crippen LogP contribution in [0.1, 0.15) is 31.7 Å². The second-order valence-corrected chi connectivity index (χ2v) is 8.63. The molecule has 0 radical (unpaired) electrons. The topological polar surface area (TPSA) is 49.4 Å². The van der Waals surface area contributed by atoms with Gasteiger partial charge in [0.1, 0.15) is 5.41 Å². The van der Waals surface area contributed by atoms with Gasteiger partial charge in [0.15, 0.2) is 0 Å². The molecule has 1 N–H and O–H groups in total. The number of halogens is 2. The molecule has 2 aliphatic heterocycles.